The van der Waals surface area contributed by atoms with Crippen molar-refractivity contribution in [3.8, 4) is 0 Å². The van der Waals surface area contributed by atoms with Crippen molar-refractivity contribution in [3.63, 3.8) is 0 Å². The molecular weight excluding hydrogens is 1000 g/mol. The normalized spacial score (nSPS) is 20.6. The summed E-state index contributed by atoms with van der Waals surface area (Å²) in [6, 6.07) is 5.77. The summed E-state index contributed by atoms with van der Waals surface area (Å²) >= 11 is 3.15. The minimum absolute atomic E-state index is 0.0421. The average molecular weight is 1070 g/mol. The maximum Gasteiger partial charge on any atom is 0.278 e. The molecule has 0 amide bonds. The predicted molar refractivity (Wildman–Crippen MR) is 273 cm³/mol. The second kappa shape index (κ2) is 20.3. The van der Waals surface area contributed by atoms with Gasteiger partial charge in [0.1, 0.15) is 6.73 Å². The number of nitrogens with two attached hydrogens (primary N) is 1. The van der Waals surface area contributed by atoms with Crippen molar-refractivity contribution in [1.29, 1.82) is 0 Å². The van der Waals surface area contributed by atoms with Crippen molar-refractivity contribution < 1.29 is 31.8 Å². The molecule has 2 aromatic carbocycles. The number of aliphatic hydroxyl groups is 2. The van der Waals surface area contributed by atoms with Crippen LogP contribution < -0.4 is 11.1 Å². The summed E-state index contributed by atoms with van der Waals surface area (Å²) in [5, 5.41) is 34.3. The third kappa shape index (κ3) is 11.7. The first kappa shape index (κ1) is 52.1. The molecule has 6 aliphatic rings. The van der Waals surface area contributed by atoms with Gasteiger partial charge in [0, 0.05) is 64.1 Å². The van der Waals surface area contributed by atoms with E-state index in [1.165, 1.54) is 96.3 Å². The lowest BCUT2D eigenvalue weighted by Crippen LogP contribution is -2.36. The summed E-state index contributed by atoms with van der Waals surface area (Å²) < 4.78 is 61.9. The van der Waals surface area contributed by atoms with Crippen LogP contribution in [0.4, 0.5) is 17.3 Å². The molecule has 2 atom stereocenters. The van der Waals surface area contributed by atoms with E-state index < -0.39 is 39.3 Å². The highest BCUT2D eigenvalue weighted by atomic mass is 79.9. The number of aromatic amines is 1. The number of hydrogen-bond donors (Lipinski definition) is 5. The number of aryl methyl sites for hydroxylation is 4. The maximum atomic E-state index is 13.0. The fourth-order valence-electron chi connectivity index (χ4n) is 10.7. The van der Waals surface area contributed by atoms with Gasteiger partial charge in [-0.25, -0.2) is 26.6 Å². The summed E-state index contributed by atoms with van der Waals surface area (Å²) in [6.45, 7) is 15.5. The standard InChI is InChI=1S/C21H29N5O3S.C15H29BrN4O4SSi.C12H15N/c1-21(2,27)15-9-10-26(12-15)30(28,29)20-23-19(24-25-20)22-18-16-7-3-5-13(16)11-14-6-4-8-17(14)18;1-15(2,21)12-6-7-19(10-12)25(22,23)14-17-13(16)18-20(14)11-24-8-9-26(3,4)5;13-12-10-5-1-3-8(10)7-9-4-2-6-11(9)12/h11,15,27H,3-10,12H2,1-2H3,(H2,22,23,24,25);12,21H,6-11H2,1-5H3;7H,1-6,13H2/t15-;12-;/m00./s1. The Bertz CT molecular complexity index is 2680. The van der Waals surface area contributed by atoms with Gasteiger partial charge in [0.05, 0.1) is 11.2 Å². The van der Waals surface area contributed by atoms with Crippen LogP contribution in [0.15, 0.2) is 27.2 Å². The highest BCUT2D eigenvalue weighted by molar-refractivity contribution is 9.10. The number of anilines is 3. The molecule has 4 heterocycles. The molecular formula is C48H73BrN10O7S2Si. The van der Waals surface area contributed by atoms with Crippen molar-refractivity contribution in [2.75, 3.05) is 43.8 Å². The van der Waals surface area contributed by atoms with Gasteiger partial charge in [-0.15, -0.1) is 10.2 Å². The van der Waals surface area contributed by atoms with E-state index in [0.717, 1.165) is 55.9 Å². The van der Waals surface area contributed by atoms with Gasteiger partial charge in [-0.05, 0) is 184 Å². The number of nitrogen functional groups attached to an aromatic ring is 1. The van der Waals surface area contributed by atoms with E-state index in [2.05, 4.69) is 78.3 Å². The van der Waals surface area contributed by atoms with Crippen LogP contribution in [0.2, 0.25) is 25.7 Å². The molecule has 4 aliphatic carbocycles. The molecule has 17 nitrogen and oxygen atoms in total. The number of sulfonamides is 2. The number of H-pyrrole nitrogens is 1. The van der Waals surface area contributed by atoms with Gasteiger partial charge in [-0.1, -0.05) is 31.8 Å². The van der Waals surface area contributed by atoms with Crippen LogP contribution in [0.25, 0.3) is 0 Å². The molecule has 69 heavy (non-hydrogen) atoms. The number of halogens is 1. The van der Waals surface area contributed by atoms with Crippen molar-refractivity contribution in [2.24, 2.45) is 11.8 Å². The Labute approximate surface area is 418 Å². The third-order valence-electron chi connectivity index (χ3n) is 15.0. The van der Waals surface area contributed by atoms with Crippen LogP contribution in [0.5, 0.6) is 0 Å². The minimum Gasteiger partial charge on any atom is -0.398 e. The van der Waals surface area contributed by atoms with Crippen LogP contribution in [0.3, 0.4) is 0 Å². The van der Waals surface area contributed by atoms with Gasteiger partial charge in [0.2, 0.25) is 10.7 Å². The Kier molecular flexibility index (Phi) is 15.3. The van der Waals surface area contributed by atoms with E-state index in [1.54, 1.807) is 27.7 Å². The minimum atomic E-state index is -3.80. The van der Waals surface area contributed by atoms with E-state index in [0.29, 0.717) is 38.5 Å². The van der Waals surface area contributed by atoms with Crippen LogP contribution in [0.1, 0.15) is 111 Å². The average Bonchev–Trinajstić information content (AvgIpc) is 4.12. The Morgan fingerprint density at radius 1 is 0.768 bits per heavy atom. The number of ether oxygens (including phenoxy) is 1. The zero-order chi connectivity index (χ0) is 49.7. The summed E-state index contributed by atoms with van der Waals surface area (Å²) in [6.07, 6.45) is 15.4. The molecule has 2 fully saturated rings. The SMILES string of the molecule is CC(C)(O)[C@H]1CCN(S(=O)(=O)c2nc(Br)nn2COCC[Si](C)(C)C)C1.CC(C)(O)[C@H]1CCN(S(=O)(=O)c2nc(Nc3c4c(cc5c3CCC5)CCC4)n[nH]2)C1.Nc1c2c(cc3c1CCC3)CCC2. The highest BCUT2D eigenvalue weighted by Gasteiger charge is 2.42. The number of aromatic nitrogens is 6. The first-order valence-electron chi connectivity index (χ1n) is 24.8. The van der Waals surface area contributed by atoms with E-state index in [4.69, 9.17) is 10.5 Å². The first-order valence-corrected chi connectivity index (χ1v) is 32.2. The molecule has 0 saturated carbocycles. The molecule has 0 unspecified atom stereocenters. The van der Waals surface area contributed by atoms with E-state index in [1.807, 2.05) is 0 Å². The molecule has 0 radical (unpaired) electrons. The number of rotatable bonds is 13. The summed E-state index contributed by atoms with van der Waals surface area (Å²) in [4.78, 5) is 8.34. The van der Waals surface area contributed by atoms with Crippen LogP contribution in [-0.4, -0.2) is 118 Å². The Hall–Kier alpha value is -3.28. The largest absolute Gasteiger partial charge is 0.398 e. The van der Waals surface area contributed by atoms with Gasteiger partial charge in [0.15, 0.2) is 0 Å². The fraction of sp³-hybridized carbons (Fsp3) is 0.667. The number of hydrogen-bond acceptors (Lipinski definition) is 13. The quantitative estimate of drug-likeness (QED) is 0.0534. The molecule has 0 spiro atoms. The second-order valence-corrected chi connectivity index (χ2v) is 32.1. The maximum absolute atomic E-state index is 13.0. The van der Waals surface area contributed by atoms with Crippen molar-refractivity contribution in [3.05, 3.63) is 61.4 Å². The van der Waals surface area contributed by atoms with Gasteiger partial charge in [-0.2, -0.15) is 18.6 Å². The number of nitrogens with zero attached hydrogens (tertiary/aromatic N) is 7. The van der Waals surface area contributed by atoms with Gasteiger partial charge >= 0.3 is 0 Å². The lowest BCUT2D eigenvalue weighted by atomic mass is 9.91. The van der Waals surface area contributed by atoms with Gasteiger partial charge < -0.3 is 26.0 Å². The van der Waals surface area contributed by atoms with Crippen LogP contribution >= 0.6 is 15.9 Å². The van der Waals surface area contributed by atoms with E-state index >= 15 is 0 Å². The Balaban J connectivity index is 0.000000149. The zero-order valence-corrected chi connectivity index (χ0v) is 45.7. The van der Waals surface area contributed by atoms with Crippen molar-refractivity contribution >= 4 is 61.4 Å². The fourth-order valence-corrected chi connectivity index (χ4v) is 14.8. The molecule has 6 N–H and O–H groups in total. The van der Waals surface area contributed by atoms with Crippen LogP contribution in [-0.2, 0) is 82.9 Å². The highest BCUT2D eigenvalue weighted by Crippen LogP contribution is 2.40. The topological polar surface area (TPSA) is 235 Å². The summed E-state index contributed by atoms with van der Waals surface area (Å²) in [5.74, 6) is 0.0913. The Morgan fingerprint density at radius 2 is 1.25 bits per heavy atom. The molecule has 4 aromatic rings. The third-order valence-corrected chi connectivity index (χ3v) is 20.5. The van der Waals surface area contributed by atoms with Gasteiger partial charge in [0.25, 0.3) is 30.4 Å². The first-order chi connectivity index (χ1) is 32.4. The number of fused-ring (bicyclic) bond motifs is 4. The van der Waals surface area contributed by atoms with E-state index in [-0.39, 0.29) is 46.7 Å². The number of nitrogens with one attached hydrogen (secondary N) is 2. The summed E-state index contributed by atoms with van der Waals surface area (Å²) in [5.41, 5.74) is 18.1. The lowest BCUT2D eigenvalue weighted by molar-refractivity contribution is 0.0231. The zero-order valence-electron chi connectivity index (χ0n) is 41.5. The lowest BCUT2D eigenvalue weighted by Gasteiger charge is -2.25. The predicted octanol–water partition coefficient (Wildman–Crippen LogP) is 6.69. The van der Waals surface area contributed by atoms with Crippen LogP contribution in [0, 0.1) is 11.8 Å². The molecule has 2 saturated heterocycles. The van der Waals surface area contributed by atoms with E-state index in [9.17, 15) is 27.0 Å². The Morgan fingerprint density at radius 3 is 1.72 bits per heavy atom. The van der Waals surface area contributed by atoms with Crippen molar-refractivity contribution in [2.45, 2.75) is 172 Å². The second-order valence-electron chi connectivity index (χ2n) is 22.1. The molecule has 380 valence electrons. The molecule has 21 heteroatoms. The van der Waals surface area contributed by atoms with Crippen molar-refractivity contribution in [1.82, 2.24) is 38.6 Å². The molecule has 0 bridgehead atoms. The molecule has 10 rings (SSSR count). The van der Waals surface area contributed by atoms with Gasteiger partial charge in [-0.3, -0.25) is 0 Å². The molecule has 2 aliphatic heterocycles. The monoisotopic (exact) mass is 1070 g/mol. The number of benzene rings is 2. The molecule has 2 aromatic heterocycles. The summed E-state index contributed by atoms with van der Waals surface area (Å²) in [7, 11) is -8.79. The smallest absolute Gasteiger partial charge is 0.278 e.